The summed E-state index contributed by atoms with van der Waals surface area (Å²) < 4.78 is 0. The summed E-state index contributed by atoms with van der Waals surface area (Å²) in [6, 6.07) is 11.2. The van der Waals surface area contributed by atoms with Gasteiger partial charge in [-0.15, -0.1) is 11.3 Å². The van der Waals surface area contributed by atoms with Gasteiger partial charge in [0.1, 0.15) is 0 Å². The van der Waals surface area contributed by atoms with Crippen molar-refractivity contribution in [3.05, 3.63) is 51.7 Å². The number of carbonyl (C=O) groups excluding carboxylic acids is 1. The van der Waals surface area contributed by atoms with E-state index in [0.29, 0.717) is 11.4 Å². The predicted molar refractivity (Wildman–Crippen MR) is 75.9 cm³/mol. The average molecular weight is 281 g/mol. The van der Waals surface area contributed by atoms with Crippen LogP contribution in [0.15, 0.2) is 41.8 Å². The van der Waals surface area contributed by atoms with Crippen LogP contribution in [0.1, 0.15) is 11.3 Å². The van der Waals surface area contributed by atoms with E-state index in [1.54, 1.807) is 23.5 Å². The SMILES string of the molecule is O=C(CCc1cccs1)NNc1cccc(Cl)c1. The van der Waals surface area contributed by atoms with Crippen molar-refractivity contribution in [2.75, 3.05) is 5.43 Å². The molecule has 0 bridgehead atoms. The molecule has 0 unspecified atom stereocenters. The Bertz CT molecular complexity index is 513. The summed E-state index contributed by atoms with van der Waals surface area (Å²) in [5.41, 5.74) is 6.25. The van der Waals surface area contributed by atoms with Crippen molar-refractivity contribution < 1.29 is 4.79 Å². The number of hydrogen-bond donors (Lipinski definition) is 2. The third-order valence-corrected chi connectivity index (χ3v) is 3.52. The van der Waals surface area contributed by atoms with Crippen molar-refractivity contribution in [3.8, 4) is 0 Å². The highest BCUT2D eigenvalue weighted by Crippen LogP contribution is 2.14. The van der Waals surface area contributed by atoms with Gasteiger partial charge in [-0.1, -0.05) is 23.7 Å². The first-order valence-corrected chi connectivity index (χ1v) is 6.82. The van der Waals surface area contributed by atoms with Gasteiger partial charge in [-0.05, 0) is 36.1 Å². The van der Waals surface area contributed by atoms with E-state index in [9.17, 15) is 4.79 Å². The smallest absolute Gasteiger partial charge is 0.238 e. The minimum atomic E-state index is -0.0385. The molecule has 0 fully saturated rings. The first-order valence-electron chi connectivity index (χ1n) is 5.57. The molecular weight excluding hydrogens is 268 g/mol. The van der Waals surface area contributed by atoms with Gasteiger partial charge >= 0.3 is 0 Å². The normalized spacial score (nSPS) is 10.1. The molecule has 1 amide bonds. The second kappa shape index (κ2) is 6.42. The number of carbonyl (C=O) groups is 1. The fraction of sp³-hybridized carbons (Fsp3) is 0.154. The molecule has 0 aliphatic rings. The first-order chi connectivity index (χ1) is 8.74. The number of hydrogen-bond acceptors (Lipinski definition) is 3. The van der Waals surface area contributed by atoms with Gasteiger partial charge in [-0.25, -0.2) is 0 Å². The minimum Gasteiger partial charge on any atom is -0.299 e. The highest BCUT2D eigenvalue weighted by molar-refractivity contribution is 7.09. The number of thiophene rings is 1. The molecule has 18 heavy (non-hydrogen) atoms. The summed E-state index contributed by atoms with van der Waals surface area (Å²) in [7, 11) is 0. The molecule has 1 aromatic heterocycles. The third-order valence-electron chi connectivity index (χ3n) is 2.35. The Kier molecular flexibility index (Phi) is 4.61. The van der Waals surface area contributed by atoms with E-state index in [0.717, 1.165) is 12.1 Å². The van der Waals surface area contributed by atoms with Gasteiger partial charge in [0.15, 0.2) is 0 Å². The molecule has 0 radical (unpaired) electrons. The molecule has 0 spiro atoms. The van der Waals surface area contributed by atoms with Gasteiger partial charge in [0.25, 0.3) is 0 Å². The van der Waals surface area contributed by atoms with Crippen LogP contribution in [0.3, 0.4) is 0 Å². The van der Waals surface area contributed by atoms with Crippen LogP contribution in [-0.4, -0.2) is 5.91 Å². The quantitative estimate of drug-likeness (QED) is 0.824. The summed E-state index contributed by atoms with van der Waals surface area (Å²) in [5, 5.41) is 2.64. The van der Waals surface area contributed by atoms with Gasteiger partial charge in [-0.3, -0.25) is 15.6 Å². The summed E-state index contributed by atoms with van der Waals surface area (Å²) in [6.45, 7) is 0. The van der Waals surface area contributed by atoms with Crippen LogP contribution in [0.25, 0.3) is 0 Å². The van der Waals surface area contributed by atoms with Crippen LogP contribution in [0.5, 0.6) is 0 Å². The van der Waals surface area contributed by atoms with Crippen molar-refractivity contribution in [1.29, 1.82) is 0 Å². The van der Waals surface area contributed by atoms with Crippen LogP contribution in [0, 0.1) is 0 Å². The van der Waals surface area contributed by atoms with E-state index in [-0.39, 0.29) is 5.91 Å². The van der Waals surface area contributed by atoms with Gasteiger partial charge in [-0.2, -0.15) is 0 Å². The fourth-order valence-corrected chi connectivity index (χ4v) is 2.36. The maximum Gasteiger partial charge on any atom is 0.238 e. The molecule has 2 aromatic rings. The van der Waals surface area contributed by atoms with Crippen molar-refractivity contribution >= 4 is 34.5 Å². The molecule has 0 atom stereocenters. The van der Waals surface area contributed by atoms with E-state index >= 15 is 0 Å². The number of rotatable bonds is 5. The van der Waals surface area contributed by atoms with Crippen LogP contribution < -0.4 is 10.9 Å². The third kappa shape index (κ3) is 4.05. The van der Waals surface area contributed by atoms with Gasteiger partial charge in [0.05, 0.1) is 5.69 Å². The van der Waals surface area contributed by atoms with Crippen molar-refractivity contribution in [3.63, 3.8) is 0 Å². The molecule has 0 saturated carbocycles. The molecule has 2 rings (SSSR count). The zero-order valence-corrected chi connectivity index (χ0v) is 11.2. The first kappa shape index (κ1) is 12.9. The highest BCUT2D eigenvalue weighted by atomic mass is 35.5. The van der Waals surface area contributed by atoms with Crippen molar-refractivity contribution in [2.24, 2.45) is 0 Å². The minimum absolute atomic E-state index is 0.0385. The maximum atomic E-state index is 11.6. The van der Waals surface area contributed by atoms with Gasteiger partial charge < -0.3 is 0 Å². The monoisotopic (exact) mass is 280 g/mol. The Labute approximate surface area is 115 Å². The summed E-state index contributed by atoms with van der Waals surface area (Å²) in [6.07, 6.45) is 1.23. The fourth-order valence-electron chi connectivity index (χ4n) is 1.46. The summed E-state index contributed by atoms with van der Waals surface area (Å²) >= 11 is 7.50. The lowest BCUT2D eigenvalue weighted by Crippen LogP contribution is -2.29. The number of aryl methyl sites for hydroxylation is 1. The Morgan fingerprint density at radius 3 is 2.89 bits per heavy atom. The molecular formula is C13H13ClN2OS. The number of halogens is 1. The van der Waals surface area contributed by atoms with E-state index < -0.39 is 0 Å². The van der Waals surface area contributed by atoms with Crippen LogP contribution in [-0.2, 0) is 11.2 Å². The second-order valence-corrected chi connectivity index (χ2v) is 5.23. The van der Waals surface area contributed by atoms with E-state index in [1.807, 2.05) is 29.6 Å². The molecule has 2 N–H and O–H groups in total. The second-order valence-electron chi connectivity index (χ2n) is 3.76. The largest absolute Gasteiger partial charge is 0.299 e. The standard InChI is InChI=1S/C13H13ClN2OS/c14-10-3-1-4-11(9-10)15-16-13(17)7-6-12-5-2-8-18-12/h1-5,8-9,15H,6-7H2,(H,16,17). The topological polar surface area (TPSA) is 41.1 Å². The van der Waals surface area contributed by atoms with Crippen molar-refractivity contribution in [1.82, 2.24) is 5.43 Å². The number of nitrogens with one attached hydrogen (secondary N) is 2. The number of amides is 1. The molecule has 5 heteroatoms. The van der Waals surface area contributed by atoms with E-state index in [2.05, 4.69) is 10.9 Å². The Hall–Kier alpha value is -1.52. The zero-order chi connectivity index (χ0) is 12.8. The molecule has 1 aromatic carbocycles. The van der Waals surface area contributed by atoms with E-state index in [1.165, 1.54) is 4.88 Å². The van der Waals surface area contributed by atoms with Crippen LogP contribution in [0.2, 0.25) is 5.02 Å². The van der Waals surface area contributed by atoms with Crippen LogP contribution in [0.4, 0.5) is 5.69 Å². The maximum absolute atomic E-state index is 11.6. The summed E-state index contributed by atoms with van der Waals surface area (Å²) in [4.78, 5) is 12.8. The number of anilines is 1. The highest BCUT2D eigenvalue weighted by Gasteiger charge is 2.02. The lowest BCUT2D eigenvalue weighted by molar-refractivity contribution is -0.120. The molecule has 0 saturated heterocycles. The average Bonchev–Trinajstić information content (AvgIpc) is 2.87. The predicted octanol–water partition coefficient (Wildman–Crippen LogP) is 3.48. The molecule has 94 valence electrons. The van der Waals surface area contributed by atoms with Crippen molar-refractivity contribution in [2.45, 2.75) is 12.8 Å². The molecule has 1 heterocycles. The number of hydrazine groups is 1. The number of benzene rings is 1. The lowest BCUT2D eigenvalue weighted by atomic mass is 10.2. The van der Waals surface area contributed by atoms with Gasteiger partial charge in [0, 0.05) is 16.3 Å². The summed E-state index contributed by atoms with van der Waals surface area (Å²) in [5.74, 6) is -0.0385. The molecule has 3 nitrogen and oxygen atoms in total. The van der Waals surface area contributed by atoms with Crippen LogP contribution >= 0.6 is 22.9 Å². The Balaban J connectivity index is 1.75. The zero-order valence-electron chi connectivity index (χ0n) is 9.65. The molecule has 0 aliphatic carbocycles. The van der Waals surface area contributed by atoms with Gasteiger partial charge in [0.2, 0.25) is 5.91 Å². The van der Waals surface area contributed by atoms with E-state index in [4.69, 9.17) is 11.6 Å². The Morgan fingerprint density at radius 1 is 1.28 bits per heavy atom. The molecule has 0 aliphatic heterocycles. The Morgan fingerprint density at radius 2 is 2.17 bits per heavy atom. The lowest BCUT2D eigenvalue weighted by Gasteiger charge is -2.08.